The molecule has 0 spiro atoms. The molecule has 0 aliphatic carbocycles. The minimum Gasteiger partial charge on any atom is -0.343 e. The first-order valence-corrected chi connectivity index (χ1v) is 6.91. The van der Waals surface area contributed by atoms with Crippen LogP contribution in [0.1, 0.15) is 24.4 Å². The predicted octanol–water partition coefficient (Wildman–Crippen LogP) is 2.15. The minimum atomic E-state index is 0.217. The van der Waals surface area contributed by atoms with E-state index in [1.54, 1.807) is 0 Å². The monoisotopic (exact) mass is 283 g/mol. The van der Waals surface area contributed by atoms with Crippen LogP contribution in [0.15, 0.2) is 53.6 Å². The van der Waals surface area contributed by atoms with E-state index < -0.39 is 0 Å². The maximum atomic E-state index is 4.71. The molecule has 21 heavy (non-hydrogen) atoms. The molecule has 0 saturated carbocycles. The Kier molecular flexibility index (Phi) is 4.07. The first kappa shape index (κ1) is 13.5. The van der Waals surface area contributed by atoms with Gasteiger partial charge in [-0.05, 0) is 19.1 Å². The summed E-state index contributed by atoms with van der Waals surface area (Å²) in [5.41, 5.74) is 2.20. The van der Waals surface area contributed by atoms with E-state index in [0.29, 0.717) is 0 Å². The molecule has 6 nitrogen and oxygen atoms in total. The topological polar surface area (TPSA) is 68.8 Å². The molecule has 0 saturated heterocycles. The van der Waals surface area contributed by atoms with E-state index in [4.69, 9.17) is 4.52 Å². The van der Waals surface area contributed by atoms with Gasteiger partial charge in [0.05, 0.1) is 11.9 Å². The lowest BCUT2D eigenvalue weighted by atomic mass is 10.2. The van der Waals surface area contributed by atoms with Crippen LogP contribution in [0.5, 0.6) is 0 Å². The molecular formula is C15H17N5O. The second kappa shape index (κ2) is 6.32. The summed E-state index contributed by atoms with van der Waals surface area (Å²) in [7, 11) is 0. The summed E-state index contributed by atoms with van der Waals surface area (Å²) < 4.78 is 6.59. The molecule has 108 valence electrons. The van der Waals surface area contributed by atoms with Gasteiger partial charge in [0.15, 0.2) is 5.82 Å². The summed E-state index contributed by atoms with van der Waals surface area (Å²) >= 11 is 0. The molecule has 3 aromatic rings. The second-order valence-corrected chi connectivity index (χ2v) is 4.83. The van der Waals surface area contributed by atoms with Crippen molar-refractivity contribution in [2.24, 2.45) is 0 Å². The van der Waals surface area contributed by atoms with Gasteiger partial charge in [-0.1, -0.05) is 23.4 Å². The highest BCUT2D eigenvalue weighted by Crippen LogP contribution is 2.14. The SMILES string of the molecule is CC(NCCc1ncon1)c1cnn(-c2ccccc2)c1. The average molecular weight is 283 g/mol. The average Bonchev–Trinajstić information content (AvgIpc) is 3.20. The number of aromatic nitrogens is 4. The molecule has 2 aromatic heterocycles. The van der Waals surface area contributed by atoms with Gasteiger partial charge in [-0.2, -0.15) is 10.1 Å². The Bertz CT molecular complexity index is 662. The summed E-state index contributed by atoms with van der Waals surface area (Å²) in [6.45, 7) is 2.90. The van der Waals surface area contributed by atoms with Gasteiger partial charge in [-0.25, -0.2) is 4.68 Å². The third-order valence-electron chi connectivity index (χ3n) is 3.33. The van der Waals surface area contributed by atoms with Gasteiger partial charge in [0.1, 0.15) is 0 Å². The summed E-state index contributed by atoms with van der Waals surface area (Å²) in [5, 5.41) is 11.6. The maximum absolute atomic E-state index is 4.71. The molecule has 0 aliphatic heterocycles. The van der Waals surface area contributed by atoms with Crippen LogP contribution in [0.25, 0.3) is 5.69 Å². The van der Waals surface area contributed by atoms with Crippen LogP contribution in [0.4, 0.5) is 0 Å². The van der Waals surface area contributed by atoms with Crippen molar-refractivity contribution < 1.29 is 4.52 Å². The molecule has 1 unspecified atom stereocenters. The van der Waals surface area contributed by atoms with Gasteiger partial charge in [0.25, 0.3) is 0 Å². The third kappa shape index (κ3) is 3.35. The van der Waals surface area contributed by atoms with Gasteiger partial charge in [-0.3, -0.25) is 0 Å². The summed E-state index contributed by atoms with van der Waals surface area (Å²) in [6, 6.07) is 10.3. The van der Waals surface area contributed by atoms with Gasteiger partial charge < -0.3 is 9.84 Å². The predicted molar refractivity (Wildman–Crippen MR) is 78.0 cm³/mol. The van der Waals surface area contributed by atoms with Crippen molar-refractivity contribution in [3.8, 4) is 5.69 Å². The van der Waals surface area contributed by atoms with Crippen molar-refractivity contribution in [3.05, 3.63) is 60.5 Å². The van der Waals surface area contributed by atoms with Crippen LogP contribution in [0, 0.1) is 0 Å². The van der Waals surface area contributed by atoms with Crippen LogP contribution < -0.4 is 5.32 Å². The quantitative estimate of drug-likeness (QED) is 0.750. The highest BCUT2D eigenvalue weighted by Gasteiger charge is 2.09. The Morgan fingerprint density at radius 2 is 2.14 bits per heavy atom. The van der Waals surface area contributed by atoms with Gasteiger partial charge >= 0.3 is 0 Å². The fourth-order valence-corrected chi connectivity index (χ4v) is 2.10. The fraction of sp³-hybridized carbons (Fsp3) is 0.267. The zero-order chi connectivity index (χ0) is 14.5. The van der Waals surface area contributed by atoms with E-state index in [-0.39, 0.29) is 6.04 Å². The summed E-state index contributed by atoms with van der Waals surface area (Å²) in [4.78, 5) is 4.00. The number of hydrogen-bond donors (Lipinski definition) is 1. The smallest absolute Gasteiger partial charge is 0.213 e. The van der Waals surface area contributed by atoms with E-state index in [2.05, 4.69) is 27.5 Å². The molecule has 0 fully saturated rings. The van der Waals surface area contributed by atoms with E-state index in [1.807, 2.05) is 47.4 Å². The van der Waals surface area contributed by atoms with Crippen molar-refractivity contribution in [1.82, 2.24) is 25.2 Å². The first-order valence-electron chi connectivity index (χ1n) is 6.91. The molecule has 2 heterocycles. The van der Waals surface area contributed by atoms with E-state index in [0.717, 1.165) is 30.0 Å². The fourth-order valence-electron chi connectivity index (χ4n) is 2.10. The van der Waals surface area contributed by atoms with Crippen molar-refractivity contribution in [3.63, 3.8) is 0 Å². The third-order valence-corrected chi connectivity index (χ3v) is 3.33. The lowest BCUT2D eigenvalue weighted by molar-refractivity contribution is 0.408. The highest BCUT2D eigenvalue weighted by molar-refractivity contribution is 5.31. The zero-order valence-electron chi connectivity index (χ0n) is 11.8. The Balaban J connectivity index is 1.58. The molecule has 3 rings (SSSR count). The van der Waals surface area contributed by atoms with Crippen molar-refractivity contribution >= 4 is 0 Å². The van der Waals surface area contributed by atoms with Crippen LogP contribution in [-0.2, 0) is 6.42 Å². The van der Waals surface area contributed by atoms with Gasteiger partial charge in [0.2, 0.25) is 6.39 Å². The normalized spacial score (nSPS) is 12.4. The minimum absolute atomic E-state index is 0.217. The lowest BCUT2D eigenvalue weighted by Crippen LogP contribution is -2.21. The molecule has 6 heteroatoms. The maximum Gasteiger partial charge on any atom is 0.213 e. The van der Waals surface area contributed by atoms with E-state index in [9.17, 15) is 0 Å². The highest BCUT2D eigenvalue weighted by atomic mass is 16.5. The molecule has 1 N–H and O–H groups in total. The molecular weight excluding hydrogens is 266 g/mol. The molecule has 1 atom stereocenters. The Morgan fingerprint density at radius 3 is 2.90 bits per heavy atom. The second-order valence-electron chi connectivity index (χ2n) is 4.83. The molecule has 1 aromatic carbocycles. The zero-order valence-corrected chi connectivity index (χ0v) is 11.8. The summed E-state index contributed by atoms with van der Waals surface area (Å²) in [6.07, 6.45) is 6.02. The Labute approximate surface area is 122 Å². The largest absolute Gasteiger partial charge is 0.343 e. The number of hydrogen-bond acceptors (Lipinski definition) is 5. The first-order chi connectivity index (χ1) is 10.3. The van der Waals surface area contributed by atoms with Crippen LogP contribution in [0.3, 0.4) is 0 Å². The lowest BCUT2D eigenvalue weighted by Gasteiger charge is -2.10. The van der Waals surface area contributed by atoms with Crippen molar-refractivity contribution in [2.45, 2.75) is 19.4 Å². The van der Waals surface area contributed by atoms with E-state index >= 15 is 0 Å². The van der Waals surface area contributed by atoms with Crippen LogP contribution >= 0.6 is 0 Å². The molecule has 0 radical (unpaired) electrons. The van der Waals surface area contributed by atoms with E-state index in [1.165, 1.54) is 6.39 Å². The number of rotatable bonds is 6. The van der Waals surface area contributed by atoms with Crippen LogP contribution in [-0.4, -0.2) is 26.5 Å². The van der Waals surface area contributed by atoms with Gasteiger partial charge in [0, 0.05) is 30.8 Å². The molecule has 0 bridgehead atoms. The number of nitrogens with one attached hydrogen (secondary N) is 1. The number of nitrogens with zero attached hydrogens (tertiary/aromatic N) is 4. The Morgan fingerprint density at radius 1 is 1.29 bits per heavy atom. The van der Waals surface area contributed by atoms with Crippen molar-refractivity contribution in [2.75, 3.05) is 6.54 Å². The molecule has 0 amide bonds. The van der Waals surface area contributed by atoms with Gasteiger partial charge in [-0.15, -0.1) is 0 Å². The summed E-state index contributed by atoms with van der Waals surface area (Å²) in [5.74, 6) is 0.717. The van der Waals surface area contributed by atoms with Crippen molar-refractivity contribution in [1.29, 1.82) is 0 Å². The van der Waals surface area contributed by atoms with Crippen LogP contribution in [0.2, 0.25) is 0 Å². The number of benzene rings is 1. The standard InChI is InChI=1S/C15H17N5O/c1-12(16-8-7-15-17-11-21-19-15)13-9-18-20(10-13)14-5-3-2-4-6-14/h2-6,9-12,16H,7-8H2,1H3. The molecule has 0 aliphatic rings. The Hall–Kier alpha value is -2.47. The number of para-hydroxylation sites is 1.